The monoisotopic (exact) mass is 223 g/mol. The van der Waals surface area contributed by atoms with Crippen LogP contribution >= 0.6 is 0 Å². The van der Waals surface area contributed by atoms with Crippen LogP contribution in [0.3, 0.4) is 0 Å². The number of nitrogens with one attached hydrogen (secondary N) is 1. The first-order chi connectivity index (χ1) is 7.63. The molecule has 90 valence electrons. The van der Waals surface area contributed by atoms with Crippen molar-refractivity contribution >= 4 is 0 Å². The molecule has 0 aromatic heterocycles. The Morgan fingerprint density at radius 2 is 2.12 bits per heavy atom. The maximum atomic E-state index is 13.3. The van der Waals surface area contributed by atoms with Crippen LogP contribution in [0.1, 0.15) is 31.4 Å². The van der Waals surface area contributed by atoms with Gasteiger partial charge in [0.1, 0.15) is 5.82 Å². The summed E-state index contributed by atoms with van der Waals surface area (Å²) in [4.78, 5) is 0. The highest BCUT2D eigenvalue weighted by molar-refractivity contribution is 5.23. The second-order valence-electron chi connectivity index (χ2n) is 4.60. The third kappa shape index (κ3) is 4.31. The first kappa shape index (κ1) is 13.2. The Bertz CT molecular complexity index is 323. The fourth-order valence-corrected chi connectivity index (χ4v) is 1.76. The highest BCUT2D eigenvalue weighted by Gasteiger charge is 2.05. The zero-order valence-corrected chi connectivity index (χ0v) is 10.5. The Kier molecular flexibility index (Phi) is 5.47. The van der Waals surface area contributed by atoms with Crippen LogP contribution < -0.4 is 5.32 Å². The number of halogens is 1. The van der Waals surface area contributed by atoms with Gasteiger partial charge in [0.15, 0.2) is 0 Å². The van der Waals surface area contributed by atoms with Crippen LogP contribution in [0, 0.1) is 18.7 Å². The Morgan fingerprint density at radius 3 is 2.75 bits per heavy atom. The molecule has 1 aromatic rings. The van der Waals surface area contributed by atoms with Crippen molar-refractivity contribution < 1.29 is 4.39 Å². The molecule has 0 saturated heterocycles. The van der Waals surface area contributed by atoms with E-state index in [-0.39, 0.29) is 5.82 Å². The highest BCUT2D eigenvalue weighted by atomic mass is 19.1. The topological polar surface area (TPSA) is 12.0 Å². The summed E-state index contributed by atoms with van der Waals surface area (Å²) >= 11 is 0. The predicted molar refractivity (Wildman–Crippen MR) is 67.2 cm³/mol. The molecule has 16 heavy (non-hydrogen) atoms. The van der Waals surface area contributed by atoms with Gasteiger partial charge in [0.2, 0.25) is 0 Å². The molecule has 0 amide bonds. The van der Waals surface area contributed by atoms with Gasteiger partial charge in [-0.3, -0.25) is 0 Å². The lowest BCUT2D eigenvalue weighted by molar-refractivity contribution is 0.509. The first-order valence-corrected chi connectivity index (χ1v) is 6.09. The van der Waals surface area contributed by atoms with Crippen molar-refractivity contribution in [2.45, 2.75) is 33.6 Å². The molecule has 0 saturated carbocycles. The molecule has 0 aliphatic carbocycles. The van der Waals surface area contributed by atoms with E-state index in [0.29, 0.717) is 5.92 Å². The third-order valence-electron chi connectivity index (χ3n) is 2.74. The molecule has 0 bridgehead atoms. The smallest absolute Gasteiger partial charge is 0.126 e. The van der Waals surface area contributed by atoms with E-state index < -0.39 is 0 Å². The van der Waals surface area contributed by atoms with Crippen LogP contribution in [0.2, 0.25) is 0 Å². The van der Waals surface area contributed by atoms with Gasteiger partial charge in [-0.1, -0.05) is 26.0 Å². The molecule has 0 aliphatic rings. The van der Waals surface area contributed by atoms with Crippen molar-refractivity contribution in [3.63, 3.8) is 0 Å². The molecular weight excluding hydrogens is 201 g/mol. The summed E-state index contributed by atoms with van der Waals surface area (Å²) in [5, 5.41) is 3.39. The molecule has 2 heteroatoms. The van der Waals surface area contributed by atoms with E-state index in [0.717, 1.165) is 37.1 Å². The number of aryl methyl sites for hydroxylation is 1. The molecule has 1 rings (SSSR count). The van der Waals surface area contributed by atoms with Gasteiger partial charge in [0, 0.05) is 0 Å². The molecule has 0 heterocycles. The van der Waals surface area contributed by atoms with Gasteiger partial charge in [-0.05, 0) is 56.0 Å². The largest absolute Gasteiger partial charge is 0.316 e. The van der Waals surface area contributed by atoms with E-state index in [1.165, 1.54) is 0 Å². The van der Waals surface area contributed by atoms with Crippen molar-refractivity contribution in [2.24, 2.45) is 5.92 Å². The van der Waals surface area contributed by atoms with E-state index >= 15 is 0 Å². The van der Waals surface area contributed by atoms with E-state index in [9.17, 15) is 4.39 Å². The van der Waals surface area contributed by atoms with E-state index in [1.54, 1.807) is 13.0 Å². The van der Waals surface area contributed by atoms with Crippen molar-refractivity contribution in [3.05, 3.63) is 35.1 Å². The minimum absolute atomic E-state index is 0.0915. The Hall–Kier alpha value is -0.890. The molecule has 1 nitrogen and oxygen atoms in total. The lowest BCUT2D eigenvalue weighted by atomic mass is 10.00. The van der Waals surface area contributed by atoms with E-state index in [1.807, 2.05) is 12.1 Å². The third-order valence-corrected chi connectivity index (χ3v) is 2.74. The first-order valence-electron chi connectivity index (χ1n) is 6.09. The van der Waals surface area contributed by atoms with Gasteiger partial charge in [-0.25, -0.2) is 4.39 Å². The van der Waals surface area contributed by atoms with Crippen molar-refractivity contribution in [2.75, 3.05) is 13.1 Å². The second-order valence-corrected chi connectivity index (χ2v) is 4.60. The van der Waals surface area contributed by atoms with Gasteiger partial charge >= 0.3 is 0 Å². The quantitative estimate of drug-likeness (QED) is 0.730. The lowest BCUT2D eigenvalue weighted by Crippen LogP contribution is -2.23. The number of benzene rings is 1. The molecular formula is C14H22FN. The fourth-order valence-electron chi connectivity index (χ4n) is 1.76. The predicted octanol–water partition coefficient (Wildman–Crippen LogP) is 3.31. The Balaban J connectivity index is 2.43. The second kappa shape index (κ2) is 6.64. The standard InChI is InChI=1S/C14H22FN/c1-4-7-16-10-11(2)8-13-6-5-12(3)14(15)9-13/h5-6,9,11,16H,4,7-8,10H2,1-3H3. The van der Waals surface area contributed by atoms with Gasteiger partial charge in [0.25, 0.3) is 0 Å². The van der Waals surface area contributed by atoms with Crippen molar-refractivity contribution in [1.82, 2.24) is 5.32 Å². The lowest BCUT2D eigenvalue weighted by Gasteiger charge is -2.12. The molecule has 1 unspecified atom stereocenters. The normalized spacial score (nSPS) is 12.8. The molecule has 1 atom stereocenters. The zero-order valence-electron chi connectivity index (χ0n) is 10.5. The summed E-state index contributed by atoms with van der Waals surface area (Å²) in [6, 6.07) is 5.54. The van der Waals surface area contributed by atoms with Crippen LogP contribution in [0.5, 0.6) is 0 Å². The maximum absolute atomic E-state index is 13.3. The summed E-state index contributed by atoms with van der Waals surface area (Å²) < 4.78 is 13.3. The average Bonchev–Trinajstić information content (AvgIpc) is 2.24. The molecule has 0 spiro atoms. The summed E-state index contributed by atoms with van der Waals surface area (Å²) in [7, 11) is 0. The van der Waals surface area contributed by atoms with Crippen LogP contribution in [0.4, 0.5) is 4.39 Å². The Morgan fingerprint density at radius 1 is 1.38 bits per heavy atom. The molecule has 0 fully saturated rings. The number of hydrogen-bond acceptors (Lipinski definition) is 1. The molecule has 1 aromatic carbocycles. The molecule has 0 aliphatic heterocycles. The minimum atomic E-state index is -0.0915. The van der Waals surface area contributed by atoms with E-state index in [2.05, 4.69) is 19.2 Å². The minimum Gasteiger partial charge on any atom is -0.316 e. The van der Waals surface area contributed by atoms with Crippen LogP contribution in [0.15, 0.2) is 18.2 Å². The number of hydrogen-bond donors (Lipinski definition) is 1. The van der Waals surface area contributed by atoms with Gasteiger partial charge in [-0.15, -0.1) is 0 Å². The summed E-state index contributed by atoms with van der Waals surface area (Å²) in [6.45, 7) is 8.22. The summed E-state index contributed by atoms with van der Waals surface area (Å²) in [6.07, 6.45) is 2.10. The fraction of sp³-hybridized carbons (Fsp3) is 0.571. The number of rotatable bonds is 6. The van der Waals surface area contributed by atoms with Gasteiger partial charge in [-0.2, -0.15) is 0 Å². The Labute approximate surface area is 98.1 Å². The maximum Gasteiger partial charge on any atom is 0.126 e. The summed E-state index contributed by atoms with van der Waals surface area (Å²) in [5.74, 6) is 0.458. The zero-order chi connectivity index (χ0) is 12.0. The van der Waals surface area contributed by atoms with Gasteiger partial charge < -0.3 is 5.32 Å². The molecule has 1 N–H and O–H groups in total. The summed E-state index contributed by atoms with van der Waals surface area (Å²) in [5.41, 5.74) is 1.81. The van der Waals surface area contributed by atoms with Crippen LogP contribution in [0.25, 0.3) is 0 Å². The van der Waals surface area contributed by atoms with Gasteiger partial charge in [0.05, 0.1) is 0 Å². The van der Waals surface area contributed by atoms with Crippen LogP contribution in [-0.2, 0) is 6.42 Å². The van der Waals surface area contributed by atoms with Crippen molar-refractivity contribution in [1.29, 1.82) is 0 Å². The SMILES string of the molecule is CCCNCC(C)Cc1ccc(C)c(F)c1. The van der Waals surface area contributed by atoms with Crippen LogP contribution in [-0.4, -0.2) is 13.1 Å². The average molecular weight is 223 g/mol. The van der Waals surface area contributed by atoms with E-state index in [4.69, 9.17) is 0 Å². The van der Waals surface area contributed by atoms with Crippen molar-refractivity contribution in [3.8, 4) is 0 Å². The molecule has 0 radical (unpaired) electrons. The highest BCUT2D eigenvalue weighted by Crippen LogP contribution is 2.13.